The molecule has 21 heavy (non-hydrogen) atoms. The van der Waals surface area contributed by atoms with Crippen molar-refractivity contribution in [2.45, 2.75) is 71.3 Å². The molecule has 2 amide bonds. The summed E-state index contributed by atoms with van der Waals surface area (Å²) in [4.78, 5) is 33.4. The lowest BCUT2D eigenvalue weighted by atomic mass is 10.1. The van der Waals surface area contributed by atoms with E-state index in [0.29, 0.717) is 6.42 Å². The molecule has 0 aromatic rings. The first-order valence-corrected chi connectivity index (χ1v) is 7.76. The molecule has 0 rings (SSSR count). The molecule has 0 saturated carbocycles. The van der Waals surface area contributed by atoms with Gasteiger partial charge in [0.1, 0.15) is 6.04 Å². The molecule has 0 radical (unpaired) electrons. The van der Waals surface area contributed by atoms with Gasteiger partial charge in [-0.15, -0.1) is 0 Å². The first kappa shape index (κ1) is 19.4. The summed E-state index contributed by atoms with van der Waals surface area (Å²) >= 11 is 0. The van der Waals surface area contributed by atoms with Crippen molar-refractivity contribution >= 4 is 17.8 Å². The minimum atomic E-state index is -1.10. The molecular weight excluding hydrogens is 272 g/mol. The van der Waals surface area contributed by atoms with Crippen LogP contribution >= 0.6 is 0 Å². The minimum absolute atomic E-state index is 0.165. The lowest BCUT2D eigenvalue weighted by molar-refractivity contribution is -0.141. The molecule has 0 aromatic carbocycles. The molecule has 122 valence electrons. The Morgan fingerprint density at radius 3 is 2.10 bits per heavy atom. The van der Waals surface area contributed by atoms with Crippen LogP contribution in [0.3, 0.4) is 0 Å². The summed E-state index contributed by atoms with van der Waals surface area (Å²) in [5, 5.41) is 13.4. The quantitative estimate of drug-likeness (QED) is 0.479. The van der Waals surface area contributed by atoms with Gasteiger partial charge >= 0.3 is 5.97 Å². The molecule has 6 nitrogen and oxygen atoms in total. The highest BCUT2D eigenvalue weighted by Crippen LogP contribution is 2.08. The third-order valence-electron chi connectivity index (χ3n) is 3.20. The van der Waals surface area contributed by atoms with Crippen molar-refractivity contribution in [3.8, 4) is 0 Å². The Bertz CT molecular complexity index is 332. The second kappa shape index (κ2) is 12.2. The number of amides is 2. The van der Waals surface area contributed by atoms with Gasteiger partial charge in [0.15, 0.2) is 0 Å². The molecule has 0 spiro atoms. The summed E-state index contributed by atoms with van der Waals surface area (Å²) in [5.41, 5.74) is 0. The zero-order valence-corrected chi connectivity index (χ0v) is 13.1. The number of rotatable bonds is 12. The molecule has 0 bridgehead atoms. The van der Waals surface area contributed by atoms with Gasteiger partial charge in [0.25, 0.3) is 0 Å². The molecule has 0 aliphatic heterocycles. The van der Waals surface area contributed by atoms with E-state index in [1.807, 2.05) is 0 Å². The highest BCUT2D eigenvalue weighted by atomic mass is 16.4. The molecule has 3 N–H and O–H groups in total. The van der Waals surface area contributed by atoms with Crippen LogP contribution in [0.25, 0.3) is 0 Å². The first-order chi connectivity index (χ1) is 9.97. The summed E-state index contributed by atoms with van der Waals surface area (Å²) in [6.07, 6.45) is 8.37. The Morgan fingerprint density at radius 2 is 1.52 bits per heavy atom. The minimum Gasteiger partial charge on any atom is -0.480 e. The number of aliphatic carboxylic acids is 1. The van der Waals surface area contributed by atoms with Gasteiger partial charge in [-0.1, -0.05) is 45.4 Å². The molecule has 0 heterocycles. The Kier molecular flexibility index (Phi) is 11.3. The fourth-order valence-electron chi connectivity index (χ4n) is 1.86. The fourth-order valence-corrected chi connectivity index (χ4v) is 1.86. The van der Waals surface area contributed by atoms with Gasteiger partial charge in [-0.2, -0.15) is 0 Å². The van der Waals surface area contributed by atoms with E-state index in [4.69, 9.17) is 5.11 Å². The van der Waals surface area contributed by atoms with E-state index in [0.717, 1.165) is 19.3 Å². The molecule has 1 atom stereocenters. The highest BCUT2D eigenvalue weighted by molar-refractivity contribution is 5.87. The maximum absolute atomic E-state index is 11.5. The topological polar surface area (TPSA) is 95.5 Å². The van der Waals surface area contributed by atoms with Crippen LogP contribution in [-0.2, 0) is 14.4 Å². The molecular formula is C15H28N2O4. The van der Waals surface area contributed by atoms with E-state index in [1.165, 1.54) is 32.6 Å². The standard InChI is InChI=1S/C15H28N2O4/c1-3-4-5-6-7-8-9-10-13(18)16-11-14(19)17-12(2)15(20)21/h12H,3-11H2,1-2H3,(H,16,18)(H,17,19)(H,20,21). The maximum atomic E-state index is 11.5. The van der Waals surface area contributed by atoms with Crippen molar-refractivity contribution < 1.29 is 19.5 Å². The monoisotopic (exact) mass is 300 g/mol. The number of carboxylic acids is 1. The molecule has 0 aliphatic rings. The lowest BCUT2D eigenvalue weighted by Crippen LogP contribution is -2.43. The SMILES string of the molecule is CCCCCCCCCC(=O)NCC(=O)NC(C)C(=O)O. The second-order valence-electron chi connectivity index (χ2n) is 5.28. The molecule has 0 aliphatic carbocycles. The molecule has 0 aromatic heterocycles. The summed E-state index contributed by atoms with van der Waals surface area (Å²) in [6.45, 7) is 3.38. The van der Waals surface area contributed by atoms with Crippen LogP contribution in [0.5, 0.6) is 0 Å². The second-order valence-corrected chi connectivity index (χ2v) is 5.28. The summed E-state index contributed by atoms with van der Waals surface area (Å²) < 4.78 is 0. The third kappa shape index (κ3) is 11.9. The maximum Gasteiger partial charge on any atom is 0.325 e. The third-order valence-corrected chi connectivity index (χ3v) is 3.20. The number of carbonyl (C=O) groups excluding carboxylic acids is 2. The number of nitrogens with one attached hydrogen (secondary N) is 2. The first-order valence-electron chi connectivity index (χ1n) is 7.76. The van der Waals surface area contributed by atoms with Gasteiger partial charge in [0, 0.05) is 6.42 Å². The van der Waals surface area contributed by atoms with Crippen molar-refractivity contribution in [2.24, 2.45) is 0 Å². The van der Waals surface area contributed by atoms with Crippen LogP contribution in [0.4, 0.5) is 0 Å². The van der Waals surface area contributed by atoms with Crippen LogP contribution in [0, 0.1) is 0 Å². The van der Waals surface area contributed by atoms with E-state index >= 15 is 0 Å². The number of unbranched alkanes of at least 4 members (excludes halogenated alkanes) is 6. The van der Waals surface area contributed by atoms with E-state index < -0.39 is 17.9 Å². The van der Waals surface area contributed by atoms with Crippen molar-refractivity contribution in [3.63, 3.8) is 0 Å². The predicted octanol–water partition coefficient (Wildman–Crippen LogP) is 1.83. The van der Waals surface area contributed by atoms with Crippen LogP contribution in [0.2, 0.25) is 0 Å². The van der Waals surface area contributed by atoms with Crippen molar-refractivity contribution in [1.82, 2.24) is 10.6 Å². The normalized spacial score (nSPS) is 11.7. The van der Waals surface area contributed by atoms with Gasteiger partial charge in [0.05, 0.1) is 6.54 Å². The smallest absolute Gasteiger partial charge is 0.325 e. The average molecular weight is 300 g/mol. The van der Waals surface area contributed by atoms with Crippen LogP contribution < -0.4 is 10.6 Å². The summed E-state index contributed by atoms with van der Waals surface area (Å²) in [6, 6.07) is -0.947. The Balaban J connectivity index is 3.53. The zero-order valence-electron chi connectivity index (χ0n) is 13.1. The van der Waals surface area contributed by atoms with E-state index in [2.05, 4.69) is 17.6 Å². The summed E-state index contributed by atoms with van der Waals surface area (Å²) in [7, 11) is 0. The number of carboxylic acid groups (broad SMARTS) is 1. The zero-order chi connectivity index (χ0) is 16.1. The van der Waals surface area contributed by atoms with Gasteiger partial charge in [-0.05, 0) is 13.3 Å². The van der Waals surface area contributed by atoms with Gasteiger partial charge in [0.2, 0.25) is 11.8 Å². The highest BCUT2D eigenvalue weighted by Gasteiger charge is 2.14. The Morgan fingerprint density at radius 1 is 0.952 bits per heavy atom. The van der Waals surface area contributed by atoms with Gasteiger partial charge in [-0.25, -0.2) is 0 Å². The van der Waals surface area contributed by atoms with Crippen LogP contribution in [-0.4, -0.2) is 35.5 Å². The Hall–Kier alpha value is -1.59. The summed E-state index contributed by atoms with van der Waals surface area (Å²) in [5.74, 6) is -1.75. The van der Waals surface area contributed by atoms with Crippen molar-refractivity contribution in [3.05, 3.63) is 0 Å². The Labute approximate surface area is 126 Å². The molecule has 1 unspecified atom stereocenters. The van der Waals surface area contributed by atoms with E-state index in [9.17, 15) is 14.4 Å². The fraction of sp³-hybridized carbons (Fsp3) is 0.800. The number of hydrogen-bond donors (Lipinski definition) is 3. The largest absolute Gasteiger partial charge is 0.480 e. The van der Waals surface area contributed by atoms with Crippen LogP contribution in [0.1, 0.15) is 65.2 Å². The van der Waals surface area contributed by atoms with E-state index in [1.54, 1.807) is 0 Å². The predicted molar refractivity (Wildman–Crippen MR) is 80.9 cm³/mol. The number of carbonyl (C=O) groups is 3. The average Bonchev–Trinajstić information content (AvgIpc) is 2.44. The van der Waals surface area contributed by atoms with Gasteiger partial charge < -0.3 is 15.7 Å². The molecule has 6 heteroatoms. The number of hydrogen-bond acceptors (Lipinski definition) is 3. The van der Waals surface area contributed by atoms with Crippen molar-refractivity contribution in [2.75, 3.05) is 6.54 Å². The lowest BCUT2D eigenvalue weighted by Gasteiger charge is -2.10. The van der Waals surface area contributed by atoms with E-state index in [-0.39, 0.29) is 12.5 Å². The van der Waals surface area contributed by atoms with Gasteiger partial charge in [-0.3, -0.25) is 14.4 Å². The van der Waals surface area contributed by atoms with Crippen LogP contribution in [0.15, 0.2) is 0 Å². The molecule has 0 fully saturated rings. The van der Waals surface area contributed by atoms with Crippen molar-refractivity contribution in [1.29, 1.82) is 0 Å². The molecule has 0 saturated heterocycles.